The smallest absolute Gasteiger partial charge is 0.311 e. The Kier molecular flexibility index (Phi) is 4.93. The Hall–Kier alpha value is -1.65. The molecule has 20 heavy (non-hydrogen) atoms. The summed E-state index contributed by atoms with van der Waals surface area (Å²) in [5.74, 6) is -1.75. The molecule has 0 radical (unpaired) electrons. The molecule has 2 aromatic rings. The maximum absolute atomic E-state index is 12.3. The van der Waals surface area contributed by atoms with Crippen LogP contribution >= 0.6 is 11.6 Å². The summed E-state index contributed by atoms with van der Waals surface area (Å²) in [6, 6.07) is 15.5. The van der Waals surface area contributed by atoms with E-state index in [0.29, 0.717) is 15.5 Å². The fraction of sp³-hybridized carbons (Fsp3) is 0.133. The normalized spacial score (nSPS) is 13.7. The Labute approximate surface area is 124 Å². The van der Waals surface area contributed by atoms with Gasteiger partial charge in [-0.05, 0) is 23.8 Å². The van der Waals surface area contributed by atoms with Crippen molar-refractivity contribution in [1.82, 2.24) is 0 Å². The lowest BCUT2D eigenvalue weighted by Gasteiger charge is -2.12. The van der Waals surface area contributed by atoms with Crippen LogP contribution in [-0.2, 0) is 15.6 Å². The maximum Gasteiger partial charge on any atom is 0.311 e. The van der Waals surface area contributed by atoms with Crippen LogP contribution in [0.5, 0.6) is 0 Å². The van der Waals surface area contributed by atoms with Crippen molar-refractivity contribution in [3.05, 3.63) is 65.2 Å². The van der Waals surface area contributed by atoms with Crippen LogP contribution < -0.4 is 0 Å². The highest BCUT2D eigenvalue weighted by Crippen LogP contribution is 2.21. The van der Waals surface area contributed by atoms with Crippen molar-refractivity contribution in [1.29, 1.82) is 0 Å². The molecule has 0 aromatic heterocycles. The molecular weight excluding hydrogens is 296 g/mol. The highest BCUT2D eigenvalue weighted by atomic mass is 35.5. The summed E-state index contributed by atoms with van der Waals surface area (Å²) >= 11 is 5.85. The van der Waals surface area contributed by atoms with Gasteiger partial charge in [-0.2, -0.15) is 0 Å². The second-order valence-electron chi connectivity index (χ2n) is 4.27. The molecule has 2 aromatic carbocycles. The molecule has 0 amide bonds. The number of carboxylic acids is 1. The van der Waals surface area contributed by atoms with Gasteiger partial charge in [-0.15, -0.1) is 0 Å². The summed E-state index contributed by atoms with van der Waals surface area (Å²) < 4.78 is 12.3. The second kappa shape index (κ2) is 6.68. The minimum absolute atomic E-state index is 0.0275. The van der Waals surface area contributed by atoms with Crippen molar-refractivity contribution in [3.8, 4) is 0 Å². The van der Waals surface area contributed by atoms with Crippen LogP contribution in [0.25, 0.3) is 0 Å². The number of carboxylic acid groups (broad SMARTS) is 1. The highest BCUT2D eigenvalue weighted by Gasteiger charge is 2.23. The molecule has 0 saturated carbocycles. The lowest BCUT2D eigenvalue weighted by atomic mass is 10.0. The van der Waals surface area contributed by atoms with Crippen LogP contribution in [0, 0.1) is 0 Å². The molecule has 3 nitrogen and oxygen atoms in total. The van der Waals surface area contributed by atoms with Crippen LogP contribution in [-0.4, -0.2) is 21.0 Å². The number of rotatable bonds is 5. The van der Waals surface area contributed by atoms with E-state index in [4.69, 9.17) is 11.6 Å². The molecule has 2 rings (SSSR count). The number of benzene rings is 2. The van der Waals surface area contributed by atoms with E-state index in [2.05, 4.69) is 0 Å². The van der Waals surface area contributed by atoms with Gasteiger partial charge in [-0.1, -0.05) is 48.0 Å². The third-order valence-corrected chi connectivity index (χ3v) is 4.53. The van der Waals surface area contributed by atoms with E-state index in [9.17, 15) is 14.1 Å². The molecule has 0 spiro atoms. The average molecular weight is 309 g/mol. The quantitative estimate of drug-likeness (QED) is 0.922. The van der Waals surface area contributed by atoms with E-state index in [1.165, 1.54) is 0 Å². The summed E-state index contributed by atoms with van der Waals surface area (Å²) in [7, 11) is -1.41. The Bertz CT molecular complexity index is 628. The van der Waals surface area contributed by atoms with Crippen molar-refractivity contribution in [2.24, 2.45) is 0 Å². The molecule has 0 bridgehead atoms. The van der Waals surface area contributed by atoms with Crippen LogP contribution in [0.1, 0.15) is 11.5 Å². The molecule has 0 saturated heterocycles. The predicted molar refractivity (Wildman–Crippen MR) is 79.5 cm³/mol. The Morgan fingerprint density at radius 3 is 2.45 bits per heavy atom. The largest absolute Gasteiger partial charge is 0.481 e. The lowest BCUT2D eigenvalue weighted by molar-refractivity contribution is -0.138. The molecule has 1 N–H and O–H groups in total. The van der Waals surface area contributed by atoms with E-state index < -0.39 is 22.7 Å². The zero-order valence-electron chi connectivity index (χ0n) is 10.5. The van der Waals surface area contributed by atoms with Crippen LogP contribution in [0.3, 0.4) is 0 Å². The van der Waals surface area contributed by atoms with Gasteiger partial charge < -0.3 is 5.11 Å². The first-order valence-electron chi connectivity index (χ1n) is 5.99. The Morgan fingerprint density at radius 1 is 1.15 bits per heavy atom. The van der Waals surface area contributed by atoms with Gasteiger partial charge >= 0.3 is 5.97 Å². The predicted octanol–water partition coefficient (Wildman–Crippen LogP) is 3.32. The number of carbonyl (C=O) groups is 1. The van der Waals surface area contributed by atoms with Crippen LogP contribution in [0.15, 0.2) is 59.5 Å². The van der Waals surface area contributed by atoms with Gasteiger partial charge in [0, 0.05) is 15.7 Å². The van der Waals surface area contributed by atoms with Gasteiger partial charge in [-0.25, -0.2) is 0 Å². The summed E-state index contributed by atoms with van der Waals surface area (Å²) in [6.07, 6.45) is 0. The van der Waals surface area contributed by atoms with Gasteiger partial charge in [0.15, 0.2) is 0 Å². The second-order valence-corrected chi connectivity index (χ2v) is 6.20. The molecule has 2 unspecified atom stereocenters. The van der Waals surface area contributed by atoms with Gasteiger partial charge in [0.25, 0.3) is 0 Å². The first-order valence-corrected chi connectivity index (χ1v) is 7.69. The number of aliphatic carboxylic acids is 1. The zero-order valence-corrected chi connectivity index (χ0v) is 12.1. The molecule has 104 valence electrons. The summed E-state index contributed by atoms with van der Waals surface area (Å²) in [5, 5.41) is 9.80. The van der Waals surface area contributed by atoms with Gasteiger partial charge in [0.2, 0.25) is 0 Å². The minimum atomic E-state index is -1.41. The summed E-state index contributed by atoms with van der Waals surface area (Å²) in [5.41, 5.74) is 0.648. The third-order valence-electron chi connectivity index (χ3n) is 2.88. The monoisotopic (exact) mass is 308 g/mol. The molecule has 0 aliphatic heterocycles. The number of halogens is 1. The highest BCUT2D eigenvalue weighted by molar-refractivity contribution is 7.85. The first-order chi connectivity index (χ1) is 9.58. The van der Waals surface area contributed by atoms with Crippen molar-refractivity contribution in [3.63, 3.8) is 0 Å². The standard InChI is InChI=1S/C15H13ClO3S/c16-12-7-4-8-13(9-12)20(19)10-14(15(17)18)11-5-2-1-3-6-11/h1-9,14H,10H2,(H,17,18). The molecule has 0 aliphatic carbocycles. The zero-order chi connectivity index (χ0) is 14.5. The summed E-state index contributed by atoms with van der Waals surface area (Å²) in [4.78, 5) is 11.9. The van der Waals surface area contributed by atoms with Gasteiger partial charge in [-0.3, -0.25) is 9.00 Å². The van der Waals surface area contributed by atoms with E-state index in [0.717, 1.165) is 0 Å². The third kappa shape index (κ3) is 3.68. The minimum Gasteiger partial charge on any atom is -0.481 e. The van der Waals surface area contributed by atoms with E-state index in [1.807, 2.05) is 6.07 Å². The van der Waals surface area contributed by atoms with Crippen LogP contribution in [0.4, 0.5) is 0 Å². The lowest BCUT2D eigenvalue weighted by Crippen LogP contribution is -2.18. The molecule has 0 fully saturated rings. The maximum atomic E-state index is 12.3. The first kappa shape index (κ1) is 14.8. The van der Waals surface area contributed by atoms with E-state index in [1.54, 1.807) is 48.5 Å². The fourth-order valence-electron chi connectivity index (χ4n) is 1.85. The fourth-order valence-corrected chi connectivity index (χ4v) is 3.43. The van der Waals surface area contributed by atoms with Crippen molar-refractivity contribution in [2.45, 2.75) is 10.8 Å². The SMILES string of the molecule is O=C(O)C(CS(=O)c1cccc(Cl)c1)c1ccccc1. The van der Waals surface area contributed by atoms with Crippen LogP contribution in [0.2, 0.25) is 5.02 Å². The van der Waals surface area contributed by atoms with Gasteiger partial charge in [0.05, 0.1) is 16.7 Å². The number of hydrogen-bond donors (Lipinski definition) is 1. The van der Waals surface area contributed by atoms with Crippen molar-refractivity contribution < 1.29 is 14.1 Å². The summed E-state index contributed by atoms with van der Waals surface area (Å²) in [6.45, 7) is 0. The van der Waals surface area contributed by atoms with Gasteiger partial charge in [0.1, 0.15) is 0 Å². The van der Waals surface area contributed by atoms with Crippen molar-refractivity contribution >= 4 is 28.4 Å². The van der Waals surface area contributed by atoms with E-state index in [-0.39, 0.29) is 5.75 Å². The van der Waals surface area contributed by atoms with E-state index >= 15 is 0 Å². The van der Waals surface area contributed by atoms with Crippen molar-refractivity contribution in [2.75, 3.05) is 5.75 Å². The molecule has 0 aliphatic rings. The number of hydrogen-bond acceptors (Lipinski definition) is 2. The molecular formula is C15H13ClO3S. The Morgan fingerprint density at radius 2 is 1.85 bits per heavy atom. The average Bonchev–Trinajstić information content (AvgIpc) is 2.45. The molecule has 2 atom stereocenters. The molecule has 5 heteroatoms. The Balaban J connectivity index is 2.21. The molecule has 0 heterocycles. The topological polar surface area (TPSA) is 54.4 Å².